The molecule has 0 bridgehead atoms. The van der Waals surface area contributed by atoms with E-state index in [2.05, 4.69) is 15.8 Å². The molecule has 2 amide bonds. The van der Waals surface area contributed by atoms with E-state index in [4.69, 9.17) is 14.2 Å². The highest BCUT2D eigenvalue weighted by Gasteiger charge is 2.27. The Kier molecular flexibility index (Phi) is 10.3. The van der Waals surface area contributed by atoms with Crippen molar-refractivity contribution in [1.82, 2.24) is 10.7 Å². The van der Waals surface area contributed by atoms with Gasteiger partial charge in [0.25, 0.3) is 21.8 Å². The Morgan fingerprint density at radius 2 is 1.71 bits per heavy atom. The number of anilines is 1. The highest BCUT2D eigenvalue weighted by atomic mass is 32.2. The largest absolute Gasteiger partial charge is 0.497 e. The van der Waals surface area contributed by atoms with Crippen LogP contribution in [0.5, 0.6) is 11.5 Å². The van der Waals surface area contributed by atoms with Gasteiger partial charge in [0, 0.05) is 13.2 Å². The fourth-order valence-corrected chi connectivity index (χ4v) is 5.45. The Balaban J connectivity index is 1.32. The number of nitrogens with zero attached hydrogens (tertiary/aromatic N) is 2. The molecule has 1 heterocycles. The molecule has 0 saturated carbocycles. The molecule has 0 radical (unpaired) electrons. The quantitative estimate of drug-likeness (QED) is 0.234. The summed E-state index contributed by atoms with van der Waals surface area (Å²) in [6.07, 6.45) is 3.43. The molecule has 12 heteroatoms. The summed E-state index contributed by atoms with van der Waals surface area (Å²) in [6, 6.07) is 21.0. The number of hydrogen-bond acceptors (Lipinski definition) is 8. The first-order valence-corrected chi connectivity index (χ1v) is 14.4. The summed E-state index contributed by atoms with van der Waals surface area (Å²) >= 11 is 0. The molecule has 1 fully saturated rings. The van der Waals surface area contributed by atoms with Gasteiger partial charge in [0.15, 0.2) is 6.61 Å². The van der Waals surface area contributed by atoms with E-state index >= 15 is 0 Å². The van der Waals surface area contributed by atoms with Gasteiger partial charge in [-0.05, 0) is 79.1 Å². The van der Waals surface area contributed by atoms with Crippen molar-refractivity contribution in [2.75, 3.05) is 37.7 Å². The lowest BCUT2D eigenvalue weighted by atomic mass is 10.2. The van der Waals surface area contributed by atoms with E-state index in [0.29, 0.717) is 29.3 Å². The second-order valence-corrected chi connectivity index (χ2v) is 11.0. The molecule has 4 rings (SSSR count). The Morgan fingerprint density at radius 1 is 1.00 bits per heavy atom. The molecule has 216 valence electrons. The van der Waals surface area contributed by atoms with Crippen molar-refractivity contribution in [3.05, 3.63) is 84.4 Å². The minimum absolute atomic E-state index is 0.0507. The summed E-state index contributed by atoms with van der Waals surface area (Å²) in [4.78, 5) is 24.8. The van der Waals surface area contributed by atoms with Crippen LogP contribution in [0.4, 0.5) is 5.69 Å². The summed E-state index contributed by atoms with van der Waals surface area (Å²) in [5.41, 5.74) is 3.33. The Bertz CT molecular complexity index is 1420. The standard InChI is InChI=1S/C29H32N4O7S/c1-38-24-15-11-23(12-16-24)33(41(36,37)27-7-3-2-4-8-27)20-28(34)32-31-18-22-9-13-25(14-10-22)40-21-29(35)30-19-26-6-5-17-39-26/h2-4,7-16,18,26H,5-6,17,19-21H2,1H3,(H,30,35)(H,32,34)/b31-18-/t26-/m1/s1. The molecule has 1 aliphatic rings. The number of sulfonamides is 1. The summed E-state index contributed by atoms with van der Waals surface area (Å²) in [7, 11) is -2.53. The van der Waals surface area contributed by atoms with Crippen molar-refractivity contribution >= 4 is 33.7 Å². The summed E-state index contributed by atoms with van der Waals surface area (Å²) in [5.74, 6) is 0.186. The van der Waals surface area contributed by atoms with Crippen LogP contribution in [0, 0.1) is 0 Å². The summed E-state index contributed by atoms with van der Waals surface area (Å²) < 4.78 is 43.9. The molecule has 1 atom stereocenters. The number of carbonyl (C=O) groups excluding carboxylic acids is 2. The minimum atomic E-state index is -4.04. The molecule has 0 spiro atoms. The molecule has 1 saturated heterocycles. The van der Waals surface area contributed by atoms with E-state index in [1.807, 2.05) is 0 Å². The van der Waals surface area contributed by atoms with Gasteiger partial charge in [0.05, 0.1) is 30.0 Å². The molecule has 3 aromatic rings. The Labute approximate surface area is 239 Å². The van der Waals surface area contributed by atoms with E-state index in [0.717, 1.165) is 23.8 Å². The first kappa shape index (κ1) is 29.6. The van der Waals surface area contributed by atoms with Gasteiger partial charge in [-0.15, -0.1) is 0 Å². The van der Waals surface area contributed by atoms with Gasteiger partial charge < -0.3 is 19.5 Å². The fraction of sp³-hybridized carbons (Fsp3) is 0.276. The lowest BCUT2D eigenvalue weighted by molar-refractivity contribution is -0.123. The van der Waals surface area contributed by atoms with Crippen LogP contribution in [-0.4, -0.2) is 66.0 Å². The number of carbonyl (C=O) groups is 2. The Hall–Kier alpha value is -4.42. The number of ether oxygens (including phenoxy) is 3. The molecule has 0 aliphatic carbocycles. The van der Waals surface area contributed by atoms with Crippen LogP contribution in [0.1, 0.15) is 18.4 Å². The lowest BCUT2D eigenvalue weighted by Crippen LogP contribution is -2.39. The van der Waals surface area contributed by atoms with Gasteiger partial charge in [0.2, 0.25) is 0 Å². The van der Waals surface area contributed by atoms with Crippen LogP contribution in [0.3, 0.4) is 0 Å². The second kappa shape index (κ2) is 14.3. The van der Waals surface area contributed by atoms with Crippen molar-refractivity contribution in [3.63, 3.8) is 0 Å². The molecule has 0 aromatic heterocycles. The molecule has 1 aliphatic heterocycles. The van der Waals surface area contributed by atoms with Gasteiger partial charge in [-0.25, -0.2) is 13.8 Å². The zero-order chi connectivity index (χ0) is 29.1. The van der Waals surface area contributed by atoms with E-state index in [9.17, 15) is 18.0 Å². The van der Waals surface area contributed by atoms with E-state index in [-0.39, 0.29) is 23.5 Å². The lowest BCUT2D eigenvalue weighted by Gasteiger charge is -2.23. The summed E-state index contributed by atoms with van der Waals surface area (Å²) in [6.45, 7) is 0.587. The van der Waals surface area contributed by atoms with Crippen molar-refractivity contribution in [2.24, 2.45) is 5.10 Å². The van der Waals surface area contributed by atoms with Crippen LogP contribution in [0.25, 0.3) is 0 Å². The maximum atomic E-state index is 13.4. The van der Waals surface area contributed by atoms with Gasteiger partial charge in [-0.2, -0.15) is 5.10 Å². The first-order valence-electron chi connectivity index (χ1n) is 13.0. The molecule has 2 N–H and O–H groups in total. The predicted molar refractivity (Wildman–Crippen MR) is 154 cm³/mol. The summed E-state index contributed by atoms with van der Waals surface area (Å²) in [5, 5.41) is 6.75. The smallest absolute Gasteiger partial charge is 0.264 e. The van der Waals surface area contributed by atoms with E-state index in [1.54, 1.807) is 66.7 Å². The predicted octanol–water partition coefficient (Wildman–Crippen LogP) is 2.71. The maximum Gasteiger partial charge on any atom is 0.264 e. The van der Waals surface area contributed by atoms with Crippen LogP contribution < -0.4 is 24.5 Å². The number of methoxy groups -OCH3 is 1. The number of nitrogens with one attached hydrogen (secondary N) is 2. The molecular weight excluding hydrogens is 548 g/mol. The third-order valence-corrected chi connectivity index (χ3v) is 7.97. The zero-order valence-electron chi connectivity index (χ0n) is 22.6. The molecular formula is C29H32N4O7S. The van der Waals surface area contributed by atoms with E-state index in [1.165, 1.54) is 25.5 Å². The van der Waals surface area contributed by atoms with Crippen LogP contribution in [-0.2, 0) is 24.3 Å². The SMILES string of the molecule is COc1ccc(N(CC(=O)N/N=C\c2ccc(OCC(=O)NC[C@H]3CCCO3)cc2)S(=O)(=O)c2ccccc2)cc1. The monoisotopic (exact) mass is 580 g/mol. The first-order chi connectivity index (χ1) is 19.8. The van der Waals surface area contributed by atoms with Crippen molar-refractivity contribution < 1.29 is 32.2 Å². The topological polar surface area (TPSA) is 136 Å². The van der Waals surface area contributed by atoms with E-state index < -0.39 is 22.5 Å². The Morgan fingerprint density at radius 3 is 2.37 bits per heavy atom. The van der Waals surface area contributed by atoms with Gasteiger partial charge in [-0.1, -0.05) is 18.2 Å². The average Bonchev–Trinajstić information content (AvgIpc) is 3.53. The van der Waals surface area contributed by atoms with Crippen molar-refractivity contribution in [1.29, 1.82) is 0 Å². The van der Waals surface area contributed by atoms with Crippen LogP contribution in [0.15, 0.2) is 88.9 Å². The third-order valence-electron chi connectivity index (χ3n) is 6.18. The molecule has 11 nitrogen and oxygen atoms in total. The maximum absolute atomic E-state index is 13.4. The third kappa shape index (κ3) is 8.53. The molecule has 41 heavy (non-hydrogen) atoms. The van der Waals surface area contributed by atoms with Crippen molar-refractivity contribution in [2.45, 2.75) is 23.8 Å². The normalized spacial score (nSPS) is 14.9. The number of rotatable bonds is 13. The number of benzene rings is 3. The van der Waals surface area contributed by atoms with Gasteiger partial charge in [0.1, 0.15) is 18.0 Å². The number of hydrazone groups is 1. The van der Waals surface area contributed by atoms with Crippen LogP contribution in [0.2, 0.25) is 0 Å². The van der Waals surface area contributed by atoms with Crippen molar-refractivity contribution in [3.8, 4) is 11.5 Å². The van der Waals surface area contributed by atoms with Gasteiger partial charge in [-0.3, -0.25) is 13.9 Å². The van der Waals surface area contributed by atoms with Gasteiger partial charge >= 0.3 is 0 Å². The second-order valence-electron chi connectivity index (χ2n) is 9.11. The fourth-order valence-electron chi connectivity index (χ4n) is 4.01. The van der Waals surface area contributed by atoms with Crippen LogP contribution >= 0.6 is 0 Å². The minimum Gasteiger partial charge on any atom is -0.497 e. The highest BCUT2D eigenvalue weighted by molar-refractivity contribution is 7.92. The molecule has 0 unspecified atom stereocenters. The highest BCUT2D eigenvalue weighted by Crippen LogP contribution is 2.25. The number of hydrogen-bond donors (Lipinski definition) is 2. The average molecular weight is 581 g/mol. The number of amides is 2. The molecule has 3 aromatic carbocycles. The zero-order valence-corrected chi connectivity index (χ0v) is 23.4.